The number of rotatable bonds is 8. The molecule has 0 spiro atoms. The molecule has 0 saturated heterocycles. The fourth-order valence-electron chi connectivity index (χ4n) is 1.97. The van der Waals surface area contributed by atoms with Crippen LogP contribution in [0.15, 0.2) is 53.0 Å². The van der Waals surface area contributed by atoms with Crippen LogP contribution < -0.4 is 20.7 Å². The Hall–Kier alpha value is -2.72. The number of carbonyl (C=O) groups is 1. The Kier molecular flexibility index (Phi) is 7.96. The molecule has 27 heavy (non-hydrogen) atoms. The molecule has 0 aromatic heterocycles. The molecule has 0 aliphatic rings. The summed E-state index contributed by atoms with van der Waals surface area (Å²) in [4.78, 5) is 21.9. The summed E-state index contributed by atoms with van der Waals surface area (Å²) in [6.07, 6.45) is 0. The normalized spacial score (nSPS) is 9.96. The number of carbonyl (C=O) groups excluding carboxylic acids is 1. The van der Waals surface area contributed by atoms with Crippen molar-refractivity contribution in [3.05, 3.63) is 63.1 Å². The number of nitrogens with one attached hydrogen (secondary N) is 3. The van der Waals surface area contributed by atoms with Crippen LogP contribution in [0, 0.1) is 10.1 Å². The van der Waals surface area contributed by atoms with Crippen molar-refractivity contribution < 1.29 is 14.5 Å². The third-order valence-corrected chi connectivity index (χ3v) is 4.03. The monoisotopic (exact) mass is 452 g/mol. The lowest BCUT2D eigenvalue weighted by atomic mass is 10.3. The Morgan fingerprint density at radius 2 is 1.78 bits per heavy atom. The number of nitro groups is 1. The van der Waals surface area contributed by atoms with Crippen LogP contribution in [0.3, 0.4) is 0 Å². The molecule has 0 radical (unpaired) electrons. The van der Waals surface area contributed by atoms with Gasteiger partial charge in [0.05, 0.1) is 4.92 Å². The highest BCUT2D eigenvalue weighted by atomic mass is 79.9. The molecule has 3 N–H and O–H groups in total. The van der Waals surface area contributed by atoms with E-state index in [-0.39, 0.29) is 23.3 Å². The van der Waals surface area contributed by atoms with Gasteiger partial charge in [-0.05, 0) is 48.6 Å². The third-order valence-electron chi connectivity index (χ3n) is 3.25. The van der Waals surface area contributed by atoms with Gasteiger partial charge in [0.25, 0.3) is 11.6 Å². The zero-order valence-electron chi connectivity index (χ0n) is 14.1. The van der Waals surface area contributed by atoms with E-state index in [0.717, 1.165) is 10.2 Å². The van der Waals surface area contributed by atoms with Gasteiger partial charge in [-0.2, -0.15) is 0 Å². The molecule has 0 aliphatic carbocycles. The Bertz CT molecular complexity index is 800. The van der Waals surface area contributed by atoms with Gasteiger partial charge in [-0.3, -0.25) is 14.9 Å². The summed E-state index contributed by atoms with van der Waals surface area (Å²) in [5, 5.41) is 19.3. The van der Waals surface area contributed by atoms with Gasteiger partial charge in [0.1, 0.15) is 5.75 Å². The molecule has 0 atom stereocenters. The molecule has 0 unspecified atom stereocenters. The highest BCUT2D eigenvalue weighted by Gasteiger charge is 2.06. The SMILES string of the molecule is O=C(COc1ccc(Br)cc1)NC(=S)NCCNc1ccc([N+](=O)[O-])cc1. The first-order chi connectivity index (χ1) is 12.9. The zero-order chi connectivity index (χ0) is 19.6. The molecule has 142 valence electrons. The molecule has 2 rings (SSSR count). The van der Waals surface area contributed by atoms with Crippen molar-refractivity contribution in [2.24, 2.45) is 0 Å². The maximum atomic E-state index is 11.8. The van der Waals surface area contributed by atoms with Crippen molar-refractivity contribution in [1.82, 2.24) is 10.6 Å². The molecule has 10 heteroatoms. The van der Waals surface area contributed by atoms with E-state index in [0.29, 0.717) is 18.8 Å². The second-order valence-electron chi connectivity index (χ2n) is 5.28. The molecule has 0 saturated carbocycles. The van der Waals surface area contributed by atoms with E-state index in [1.807, 2.05) is 12.1 Å². The summed E-state index contributed by atoms with van der Waals surface area (Å²) in [6, 6.07) is 13.2. The van der Waals surface area contributed by atoms with E-state index >= 15 is 0 Å². The van der Waals surface area contributed by atoms with Crippen LogP contribution in [-0.4, -0.2) is 35.6 Å². The lowest BCUT2D eigenvalue weighted by Gasteiger charge is -2.11. The fraction of sp³-hybridized carbons (Fsp3) is 0.176. The topological polar surface area (TPSA) is 106 Å². The second kappa shape index (κ2) is 10.4. The molecule has 8 nitrogen and oxygen atoms in total. The molecule has 0 bridgehead atoms. The Balaban J connectivity index is 1.61. The first-order valence-corrected chi connectivity index (χ1v) is 9.08. The standard InChI is InChI=1S/C17H17BrN4O4S/c18-12-1-7-15(8-2-12)26-11-16(23)21-17(27)20-10-9-19-13-3-5-14(6-4-13)22(24)25/h1-8,19H,9-11H2,(H2,20,21,23,27). The smallest absolute Gasteiger partial charge is 0.269 e. The number of hydrogen-bond acceptors (Lipinski definition) is 6. The summed E-state index contributed by atoms with van der Waals surface area (Å²) < 4.78 is 6.28. The average Bonchev–Trinajstić information content (AvgIpc) is 2.65. The van der Waals surface area contributed by atoms with E-state index in [9.17, 15) is 14.9 Å². The number of nitro benzene ring substituents is 1. The zero-order valence-corrected chi connectivity index (χ0v) is 16.5. The number of non-ortho nitro benzene ring substituents is 1. The van der Waals surface area contributed by atoms with Gasteiger partial charge in [0.15, 0.2) is 11.7 Å². The van der Waals surface area contributed by atoms with Gasteiger partial charge in [0.2, 0.25) is 0 Å². The summed E-state index contributed by atoms with van der Waals surface area (Å²) >= 11 is 8.37. The number of nitrogens with zero attached hydrogens (tertiary/aromatic N) is 1. The number of benzene rings is 2. The van der Waals surface area contributed by atoms with Gasteiger partial charge in [-0.25, -0.2) is 0 Å². The highest BCUT2D eigenvalue weighted by molar-refractivity contribution is 9.10. The van der Waals surface area contributed by atoms with Crippen LogP contribution >= 0.6 is 28.1 Å². The van der Waals surface area contributed by atoms with Crippen LogP contribution in [0.5, 0.6) is 5.75 Å². The van der Waals surface area contributed by atoms with Gasteiger partial charge in [0, 0.05) is 35.4 Å². The Labute approximate surface area is 169 Å². The van der Waals surface area contributed by atoms with Crippen LogP contribution in [-0.2, 0) is 4.79 Å². The largest absolute Gasteiger partial charge is 0.484 e. The van der Waals surface area contributed by atoms with Crippen molar-refractivity contribution in [2.45, 2.75) is 0 Å². The minimum absolute atomic E-state index is 0.0351. The van der Waals surface area contributed by atoms with E-state index in [4.69, 9.17) is 17.0 Å². The minimum Gasteiger partial charge on any atom is -0.484 e. The number of anilines is 1. The number of halogens is 1. The maximum absolute atomic E-state index is 11.8. The molecule has 2 aromatic carbocycles. The summed E-state index contributed by atoms with van der Waals surface area (Å²) in [7, 11) is 0. The lowest BCUT2D eigenvalue weighted by molar-refractivity contribution is -0.384. The second-order valence-corrected chi connectivity index (χ2v) is 6.60. The Morgan fingerprint density at radius 3 is 2.41 bits per heavy atom. The van der Waals surface area contributed by atoms with Crippen molar-refractivity contribution in [3.63, 3.8) is 0 Å². The molecule has 0 heterocycles. The first-order valence-electron chi connectivity index (χ1n) is 7.88. The summed E-state index contributed by atoms with van der Waals surface area (Å²) in [5.41, 5.74) is 0.785. The van der Waals surface area contributed by atoms with Crippen LogP contribution in [0.1, 0.15) is 0 Å². The number of hydrogen-bond donors (Lipinski definition) is 3. The van der Waals surface area contributed by atoms with Crippen LogP contribution in [0.4, 0.5) is 11.4 Å². The molecule has 0 fully saturated rings. The fourth-order valence-corrected chi connectivity index (χ4v) is 2.45. The van der Waals surface area contributed by atoms with Crippen molar-refractivity contribution >= 4 is 50.5 Å². The van der Waals surface area contributed by atoms with Gasteiger partial charge in [-0.1, -0.05) is 15.9 Å². The summed E-state index contributed by atoms with van der Waals surface area (Å²) in [6.45, 7) is 0.831. The van der Waals surface area contributed by atoms with E-state index in [2.05, 4.69) is 31.9 Å². The molecule has 0 aliphatic heterocycles. The van der Waals surface area contributed by atoms with Crippen LogP contribution in [0.2, 0.25) is 0 Å². The highest BCUT2D eigenvalue weighted by Crippen LogP contribution is 2.16. The van der Waals surface area contributed by atoms with Crippen molar-refractivity contribution in [3.8, 4) is 5.75 Å². The van der Waals surface area contributed by atoms with Crippen LogP contribution in [0.25, 0.3) is 0 Å². The first kappa shape index (κ1) is 20.6. The van der Waals surface area contributed by atoms with Gasteiger partial charge >= 0.3 is 0 Å². The maximum Gasteiger partial charge on any atom is 0.269 e. The molecular weight excluding hydrogens is 436 g/mol. The van der Waals surface area contributed by atoms with Gasteiger partial charge < -0.3 is 20.7 Å². The predicted octanol–water partition coefficient (Wildman–Crippen LogP) is 2.84. The minimum atomic E-state index is -0.451. The molecule has 1 amide bonds. The predicted molar refractivity (Wildman–Crippen MR) is 110 cm³/mol. The number of amides is 1. The average molecular weight is 453 g/mol. The Morgan fingerprint density at radius 1 is 1.11 bits per heavy atom. The van der Waals surface area contributed by atoms with E-state index < -0.39 is 4.92 Å². The van der Waals surface area contributed by atoms with Crippen molar-refractivity contribution in [1.29, 1.82) is 0 Å². The molecular formula is C17H17BrN4O4S. The molecule has 2 aromatic rings. The number of ether oxygens (including phenoxy) is 1. The van der Waals surface area contributed by atoms with Gasteiger partial charge in [-0.15, -0.1) is 0 Å². The van der Waals surface area contributed by atoms with E-state index in [1.54, 1.807) is 24.3 Å². The van der Waals surface area contributed by atoms with Crippen molar-refractivity contribution in [2.75, 3.05) is 25.0 Å². The number of thiocarbonyl (C=S) groups is 1. The lowest BCUT2D eigenvalue weighted by Crippen LogP contribution is -2.42. The quantitative estimate of drug-likeness (QED) is 0.244. The van der Waals surface area contributed by atoms with E-state index in [1.165, 1.54) is 12.1 Å². The third kappa shape index (κ3) is 7.59. The summed E-state index contributed by atoms with van der Waals surface area (Å²) in [5.74, 6) is 0.221.